The molecule has 3 nitrogen and oxygen atoms in total. The molecule has 0 saturated carbocycles. The van der Waals surface area contributed by atoms with Gasteiger partial charge >= 0.3 is 0 Å². The molecule has 0 spiro atoms. The molecule has 0 fully saturated rings. The second-order valence-corrected chi connectivity index (χ2v) is 4.85. The van der Waals surface area contributed by atoms with Crippen LogP contribution in [0.2, 0.25) is 5.15 Å². The lowest BCUT2D eigenvalue weighted by molar-refractivity contribution is 0.509. The molecule has 0 aliphatic heterocycles. The Morgan fingerprint density at radius 2 is 1.81 bits per heavy atom. The lowest BCUT2D eigenvalue weighted by Gasteiger charge is -2.22. The minimum absolute atomic E-state index is 0.425. The summed E-state index contributed by atoms with van der Waals surface area (Å²) in [5.74, 6) is 1.42. The summed E-state index contributed by atoms with van der Waals surface area (Å²) in [6, 6.07) is 0.425. The van der Waals surface area contributed by atoms with Gasteiger partial charge in [-0.05, 0) is 37.3 Å². The summed E-state index contributed by atoms with van der Waals surface area (Å²) in [6.45, 7) is 10.6. The van der Waals surface area contributed by atoms with Crippen molar-refractivity contribution < 1.29 is 0 Å². The normalized spacial score (nSPS) is 12.9. The second kappa shape index (κ2) is 5.48. The Morgan fingerprint density at radius 1 is 1.19 bits per heavy atom. The molecule has 1 atom stereocenters. The summed E-state index contributed by atoms with van der Waals surface area (Å²) in [6.07, 6.45) is 1.07. The summed E-state index contributed by atoms with van der Waals surface area (Å²) in [5.41, 5.74) is 2.08. The molecule has 90 valence electrons. The van der Waals surface area contributed by atoms with Crippen molar-refractivity contribution in [3.63, 3.8) is 0 Å². The van der Waals surface area contributed by atoms with Crippen molar-refractivity contribution in [1.82, 2.24) is 10.2 Å². The molecule has 1 unspecified atom stereocenters. The molecular weight excluding hydrogens is 222 g/mol. The van der Waals surface area contributed by atoms with Gasteiger partial charge < -0.3 is 5.32 Å². The fourth-order valence-corrected chi connectivity index (χ4v) is 1.81. The maximum atomic E-state index is 5.92. The van der Waals surface area contributed by atoms with Crippen LogP contribution in [0.1, 0.15) is 38.3 Å². The summed E-state index contributed by atoms with van der Waals surface area (Å²) in [4.78, 5) is 0. The number of anilines is 1. The molecule has 4 heteroatoms. The predicted octanol–water partition coefficient (Wildman–Crippen LogP) is 3.59. The zero-order valence-corrected chi connectivity index (χ0v) is 11.4. The van der Waals surface area contributed by atoms with Crippen LogP contribution >= 0.6 is 11.6 Å². The summed E-state index contributed by atoms with van der Waals surface area (Å²) in [7, 11) is 0. The lowest BCUT2D eigenvalue weighted by Crippen LogP contribution is -2.26. The van der Waals surface area contributed by atoms with Crippen LogP contribution in [-0.4, -0.2) is 16.2 Å². The van der Waals surface area contributed by atoms with E-state index >= 15 is 0 Å². The zero-order valence-electron chi connectivity index (χ0n) is 10.6. The molecule has 0 aliphatic rings. The van der Waals surface area contributed by atoms with E-state index in [9.17, 15) is 0 Å². The van der Waals surface area contributed by atoms with Gasteiger partial charge in [0.2, 0.25) is 0 Å². The summed E-state index contributed by atoms with van der Waals surface area (Å²) >= 11 is 5.92. The van der Waals surface area contributed by atoms with Crippen LogP contribution in [0, 0.1) is 19.8 Å². The molecule has 0 radical (unpaired) electrons. The van der Waals surface area contributed by atoms with Crippen LogP contribution < -0.4 is 5.32 Å². The van der Waals surface area contributed by atoms with Crippen LogP contribution in [0.25, 0.3) is 0 Å². The molecular formula is C12H20ClN3. The molecule has 16 heavy (non-hydrogen) atoms. The Bertz CT molecular complexity index is 364. The van der Waals surface area contributed by atoms with Gasteiger partial charge in [0.15, 0.2) is 11.0 Å². The maximum Gasteiger partial charge on any atom is 0.155 e. The number of aromatic nitrogens is 2. The molecule has 1 rings (SSSR count). The standard InChI is InChI=1S/C12H20ClN3/c1-6-10(7(2)3)14-12-9(5)8(4)11(13)15-16-12/h7,10H,6H2,1-5H3,(H,14,16). The van der Waals surface area contributed by atoms with E-state index in [2.05, 4.69) is 36.3 Å². The van der Waals surface area contributed by atoms with E-state index in [1.54, 1.807) is 0 Å². The van der Waals surface area contributed by atoms with Gasteiger partial charge in [0.25, 0.3) is 0 Å². The van der Waals surface area contributed by atoms with E-state index < -0.39 is 0 Å². The van der Waals surface area contributed by atoms with Gasteiger partial charge in [-0.3, -0.25) is 0 Å². The van der Waals surface area contributed by atoms with Crippen LogP contribution in [0.4, 0.5) is 5.82 Å². The number of halogens is 1. The molecule has 1 heterocycles. The molecule has 1 aromatic rings. The average molecular weight is 242 g/mol. The molecule has 0 aromatic carbocycles. The first kappa shape index (κ1) is 13.2. The van der Waals surface area contributed by atoms with Gasteiger partial charge in [0.1, 0.15) is 0 Å². The Labute approximate surface area is 103 Å². The van der Waals surface area contributed by atoms with Crippen LogP contribution in [0.5, 0.6) is 0 Å². The number of hydrogen-bond donors (Lipinski definition) is 1. The van der Waals surface area contributed by atoms with Gasteiger partial charge in [-0.2, -0.15) is 0 Å². The first-order chi connectivity index (χ1) is 7.47. The third-order valence-electron chi connectivity index (χ3n) is 3.03. The van der Waals surface area contributed by atoms with Gasteiger partial charge in [-0.1, -0.05) is 32.4 Å². The highest BCUT2D eigenvalue weighted by atomic mass is 35.5. The monoisotopic (exact) mass is 241 g/mol. The van der Waals surface area contributed by atoms with E-state index in [1.165, 1.54) is 0 Å². The topological polar surface area (TPSA) is 37.8 Å². The molecule has 0 amide bonds. The van der Waals surface area contributed by atoms with Crippen molar-refractivity contribution >= 4 is 17.4 Å². The highest BCUT2D eigenvalue weighted by molar-refractivity contribution is 6.30. The second-order valence-electron chi connectivity index (χ2n) is 4.49. The first-order valence-electron chi connectivity index (χ1n) is 5.73. The first-order valence-corrected chi connectivity index (χ1v) is 6.11. The molecule has 1 aromatic heterocycles. The fraction of sp³-hybridized carbons (Fsp3) is 0.667. The minimum atomic E-state index is 0.425. The van der Waals surface area contributed by atoms with Crippen molar-refractivity contribution in [1.29, 1.82) is 0 Å². The SMILES string of the molecule is CCC(Nc1nnc(Cl)c(C)c1C)C(C)C. The van der Waals surface area contributed by atoms with Crippen molar-refractivity contribution in [2.24, 2.45) is 5.92 Å². The maximum absolute atomic E-state index is 5.92. The molecule has 0 saturated heterocycles. The Hall–Kier alpha value is -0.830. The van der Waals surface area contributed by atoms with Crippen molar-refractivity contribution in [2.45, 2.75) is 47.1 Å². The number of hydrogen-bond acceptors (Lipinski definition) is 3. The third-order valence-corrected chi connectivity index (χ3v) is 3.39. The largest absolute Gasteiger partial charge is 0.365 e. The number of nitrogens with one attached hydrogen (secondary N) is 1. The summed E-state index contributed by atoms with van der Waals surface area (Å²) < 4.78 is 0. The van der Waals surface area contributed by atoms with E-state index in [-0.39, 0.29) is 0 Å². The van der Waals surface area contributed by atoms with Gasteiger partial charge in [-0.25, -0.2) is 0 Å². The number of rotatable bonds is 4. The van der Waals surface area contributed by atoms with Crippen LogP contribution in [0.15, 0.2) is 0 Å². The number of nitrogens with zero attached hydrogens (tertiary/aromatic N) is 2. The van der Waals surface area contributed by atoms with Gasteiger partial charge in [0, 0.05) is 6.04 Å². The molecule has 0 aliphatic carbocycles. The highest BCUT2D eigenvalue weighted by Gasteiger charge is 2.14. The Balaban J connectivity index is 2.93. The minimum Gasteiger partial charge on any atom is -0.365 e. The predicted molar refractivity (Wildman–Crippen MR) is 69.1 cm³/mol. The van der Waals surface area contributed by atoms with Gasteiger partial charge in [-0.15, -0.1) is 10.2 Å². The third kappa shape index (κ3) is 2.85. The van der Waals surface area contributed by atoms with Crippen LogP contribution in [-0.2, 0) is 0 Å². The van der Waals surface area contributed by atoms with E-state index in [4.69, 9.17) is 11.6 Å². The van der Waals surface area contributed by atoms with Crippen molar-refractivity contribution in [3.05, 3.63) is 16.3 Å². The molecule has 0 bridgehead atoms. The summed E-state index contributed by atoms with van der Waals surface area (Å²) in [5, 5.41) is 12.0. The molecule has 1 N–H and O–H groups in total. The van der Waals surface area contributed by atoms with E-state index in [0.29, 0.717) is 17.1 Å². The van der Waals surface area contributed by atoms with Crippen molar-refractivity contribution in [3.8, 4) is 0 Å². The Kier molecular flexibility index (Phi) is 4.54. The van der Waals surface area contributed by atoms with E-state index in [0.717, 1.165) is 23.4 Å². The zero-order chi connectivity index (χ0) is 12.3. The highest BCUT2D eigenvalue weighted by Crippen LogP contribution is 2.22. The average Bonchev–Trinajstić information content (AvgIpc) is 2.25. The smallest absolute Gasteiger partial charge is 0.155 e. The quantitative estimate of drug-likeness (QED) is 0.876. The Morgan fingerprint density at radius 3 is 2.31 bits per heavy atom. The van der Waals surface area contributed by atoms with Crippen molar-refractivity contribution in [2.75, 3.05) is 5.32 Å². The van der Waals surface area contributed by atoms with Gasteiger partial charge in [0.05, 0.1) is 0 Å². The fourth-order valence-electron chi connectivity index (χ4n) is 1.63. The van der Waals surface area contributed by atoms with Crippen LogP contribution in [0.3, 0.4) is 0 Å². The lowest BCUT2D eigenvalue weighted by atomic mass is 10.0. The van der Waals surface area contributed by atoms with E-state index in [1.807, 2.05) is 13.8 Å².